The molecule has 0 aliphatic heterocycles. The molecule has 4 rings (SSSR count). The van der Waals surface area contributed by atoms with Crippen LogP contribution < -0.4 is 10.9 Å². The van der Waals surface area contributed by atoms with Gasteiger partial charge in [-0.3, -0.25) is 9.59 Å². The number of H-pyrrole nitrogens is 1. The number of hydrogen-bond acceptors (Lipinski definition) is 5. The average Bonchev–Trinajstić information content (AvgIpc) is 3.22. The molecule has 0 fully saturated rings. The van der Waals surface area contributed by atoms with Crippen LogP contribution in [0.25, 0.3) is 21.3 Å². The summed E-state index contributed by atoms with van der Waals surface area (Å²) in [4.78, 5) is 33.4. The van der Waals surface area contributed by atoms with Gasteiger partial charge < -0.3 is 10.3 Å². The molecule has 0 aliphatic rings. The Balaban J connectivity index is 1.40. The zero-order valence-electron chi connectivity index (χ0n) is 17.3. The van der Waals surface area contributed by atoms with Gasteiger partial charge in [0.25, 0.3) is 5.56 Å². The molecule has 4 aromatic rings. The van der Waals surface area contributed by atoms with Crippen molar-refractivity contribution in [3.63, 3.8) is 0 Å². The number of hydrogen-bond donors (Lipinski definition) is 2. The number of rotatable bonds is 7. The smallest absolute Gasteiger partial charge is 0.260 e. The Kier molecular flexibility index (Phi) is 6.53. The lowest BCUT2D eigenvalue weighted by Gasteiger charge is -2.12. The predicted octanol–water partition coefficient (Wildman–Crippen LogP) is 4.90. The lowest BCUT2D eigenvalue weighted by Crippen LogP contribution is -2.30. The molecule has 2 aromatic heterocycles. The predicted molar refractivity (Wildman–Crippen MR) is 129 cm³/mol. The maximum absolute atomic E-state index is 12.7. The molecule has 5 nitrogen and oxygen atoms in total. The number of fused-ring (bicyclic) bond motifs is 1. The number of carbonyl (C=O) groups excluding carboxylic acids is 1. The molecule has 1 atom stereocenters. The van der Waals surface area contributed by atoms with Gasteiger partial charge in [0.15, 0.2) is 0 Å². The first kappa shape index (κ1) is 21.3. The lowest BCUT2D eigenvalue weighted by molar-refractivity contribution is -0.120. The Morgan fingerprint density at radius 1 is 1.16 bits per heavy atom. The van der Waals surface area contributed by atoms with E-state index in [1.54, 1.807) is 0 Å². The van der Waals surface area contributed by atoms with Crippen LogP contribution in [0.5, 0.6) is 0 Å². The number of nitrogens with zero attached hydrogens (tertiary/aromatic N) is 1. The highest BCUT2D eigenvalue weighted by molar-refractivity contribution is 7.99. The minimum absolute atomic E-state index is 0.0310. The van der Waals surface area contributed by atoms with Gasteiger partial charge in [0, 0.05) is 17.5 Å². The van der Waals surface area contributed by atoms with E-state index in [-0.39, 0.29) is 16.7 Å². The fourth-order valence-corrected chi connectivity index (χ4v) is 4.96. The van der Waals surface area contributed by atoms with E-state index >= 15 is 0 Å². The highest BCUT2D eigenvalue weighted by atomic mass is 32.2. The Labute approximate surface area is 188 Å². The van der Waals surface area contributed by atoms with Gasteiger partial charge in [0.05, 0.1) is 16.4 Å². The van der Waals surface area contributed by atoms with E-state index in [1.807, 2.05) is 73.8 Å². The van der Waals surface area contributed by atoms with Crippen molar-refractivity contribution in [2.75, 3.05) is 0 Å². The Bertz CT molecular complexity index is 1250. The second kappa shape index (κ2) is 9.49. The van der Waals surface area contributed by atoms with Gasteiger partial charge in [-0.15, -0.1) is 23.1 Å². The van der Waals surface area contributed by atoms with E-state index < -0.39 is 0 Å². The molecule has 31 heavy (non-hydrogen) atoms. The van der Waals surface area contributed by atoms with Crippen LogP contribution in [0, 0.1) is 6.92 Å². The topological polar surface area (TPSA) is 74.8 Å². The quantitative estimate of drug-likeness (QED) is 0.421. The van der Waals surface area contributed by atoms with Gasteiger partial charge >= 0.3 is 0 Å². The molecule has 0 unspecified atom stereocenters. The van der Waals surface area contributed by atoms with Gasteiger partial charge in [-0.2, -0.15) is 0 Å². The highest BCUT2D eigenvalue weighted by Crippen LogP contribution is 2.30. The van der Waals surface area contributed by atoms with E-state index in [2.05, 4.69) is 15.3 Å². The molecule has 7 heteroatoms. The summed E-state index contributed by atoms with van der Waals surface area (Å²) in [5.41, 5.74) is 4.02. The molecular weight excluding hydrogens is 426 g/mol. The zero-order chi connectivity index (χ0) is 21.8. The first-order valence-corrected chi connectivity index (χ1v) is 11.9. The third-order valence-corrected chi connectivity index (χ3v) is 7.03. The minimum Gasteiger partial charge on any atom is -0.351 e. The molecular formula is C24H23N3O2S2. The monoisotopic (exact) mass is 449 g/mol. The van der Waals surface area contributed by atoms with E-state index in [9.17, 15) is 9.59 Å². The Morgan fingerprint density at radius 2 is 1.90 bits per heavy atom. The fraction of sp³-hybridized carbons (Fsp3) is 0.208. The second-order valence-electron chi connectivity index (χ2n) is 7.36. The summed E-state index contributed by atoms with van der Waals surface area (Å²) < 4.78 is 0. The third-order valence-electron chi connectivity index (χ3n) is 5.00. The van der Waals surface area contributed by atoms with Gasteiger partial charge in [0.2, 0.25) is 5.91 Å². The number of carbonyl (C=O) groups is 1. The Hall–Kier alpha value is -2.90. The molecule has 0 aliphatic carbocycles. The van der Waals surface area contributed by atoms with Crippen LogP contribution in [-0.2, 0) is 17.1 Å². The first-order valence-electron chi connectivity index (χ1n) is 10.0. The van der Waals surface area contributed by atoms with E-state index in [0.717, 1.165) is 21.5 Å². The number of thioether (sulfide) groups is 1. The van der Waals surface area contributed by atoms with Crippen molar-refractivity contribution < 1.29 is 4.79 Å². The second-order valence-corrected chi connectivity index (χ2v) is 9.55. The van der Waals surface area contributed by atoms with Gasteiger partial charge in [0.1, 0.15) is 10.7 Å². The van der Waals surface area contributed by atoms with Gasteiger partial charge in [-0.1, -0.05) is 60.2 Å². The number of nitrogens with one attached hydrogen (secondary N) is 2. The van der Waals surface area contributed by atoms with Crippen LogP contribution in [-0.4, -0.2) is 21.1 Å². The van der Waals surface area contributed by atoms with Gasteiger partial charge in [-0.25, -0.2) is 4.98 Å². The summed E-state index contributed by atoms with van der Waals surface area (Å²) in [7, 11) is 0. The van der Waals surface area contributed by atoms with Crippen LogP contribution in [0.1, 0.15) is 23.9 Å². The third kappa shape index (κ3) is 5.06. The summed E-state index contributed by atoms with van der Waals surface area (Å²) in [6.07, 6.45) is 0. The highest BCUT2D eigenvalue weighted by Gasteiger charge is 2.16. The zero-order valence-corrected chi connectivity index (χ0v) is 19.0. The van der Waals surface area contributed by atoms with Crippen LogP contribution in [0.3, 0.4) is 0 Å². The van der Waals surface area contributed by atoms with E-state index in [4.69, 9.17) is 0 Å². The molecule has 2 N–H and O–H groups in total. The van der Waals surface area contributed by atoms with E-state index in [1.165, 1.54) is 28.7 Å². The number of benzene rings is 2. The first-order chi connectivity index (χ1) is 15.0. The molecule has 0 spiro atoms. The van der Waals surface area contributed by atoms with Crippen molar-refractivity contribution in [2.24, 2.45) is 0 Å². The number of amides is 1. The molecule has 1 amide bonds. The lowest BCUT2D eigenvalue weighted by atomic mass is 10.1. The molecule has 0 bridgehead atoms. The Morgan fingerprint density at radius 3 is 2.65 bits per heavy atom. The number of thiophene rings is 1. The standard InChI is InChI=1S/C24H23N3O2S2/c1-15-8-10-17(11-9-15)12-25-22(28)16(2)30-14-20-26-23(29)21-19(13-31-24(21)27-20)18-6-4-3-5-7-18/h3-11,13,16H,12,14H2,1-2H3,(H,25,28)(H,26,27,29)/t16-/m0/s1. The van der Waals surface area contributed by atoms with Crippen LogP contribution in [0.4, 0.5) is 0 Å². The maximum Gasteiger partial charge on any atom is 0.260 e. The van der Waals surface area contributed by atoms with E-state index in [0.29, 0.717) is 23.5 Å². The van der Waals surface area contributed by atoms with Crippen molar-refractivity contribution in [2.45, 2.75) is 31.4 Å². The normalized spacial score (nSPS) is 12.1. The molecule has 0 saturated carbocycles. The van der Waals surface area contributed by atoms with Crippen molar-refractivity contribution >= 4 is 39.2 Å². The summed E-state index contributed by atoms with van der Waals surface area (Å²) in [5, 5.41) is 5.30. The van der Waals surface area contributed by atoms with Crippen molar-refractivity contribution in [3.05, 3.63) is 87.3 Å². The van der Waals surface area contributed by atoms with Crippen LogP contribution >= 0.6 is 23.1 Å². The molecule has 2 heterocycles. The molecule has 2 aromatic carbocycles. The van der Waals surface area contributed by atoms with Crippen molar-refractivity contribution in [3.8, 4) is 11.1 Å². The number of aromatic amines is 1. The van der Waals surface area contributed by atoms with Crippen LogP contribution in [0.15, 0.2) is 64.8 Å². The summed E-state index contributed by atoms with van der Waals surface area (Å²) >= 11 is 2.92. The summed E-state index contributed by atoms with van der Waals surface area (Å²) in [6, 6.07) is 17.9. The van der Waals surface area contributed by atoms with Crippen molar-refractivity contribution in [1.29, 1.82) is 0 Å². The van der Waals surface area contributed by atoms with Crippen LogP contribution in [0.2, 0.25) is 0 Å². The SMILES string of the molecule is Cc1ccc(CNC(=O)[C@H](C)SCc2nc3scc(-c4ccccc4)c3c(=O)[nH]2)cc1. The van der Waals surface area contributed by atoms with Crippen molar-refractivity contribution in [1.82, 2.24) is 15.3 Å². The molecule has 0 radical (unpaired) electrons. The minimum atomic E-state index is -0.255. The molecule has 0 saturated heterocycles. The summed E-state index contributed by atoms with van der Waals surface area (Å²) in [6.45, 7) is 4.41. The number of aromatic nitrogens is 2. The largest absolute Gasteiger partial charge is 0.351 e. The average molecular weight is 450 g/mol. The maximum atomic E-state index is 12.7. The molecule has 158 valence electrons. The fourth-order valence-electron chi connectivity index (χ4n) is 3.21. The summed E-state index contributed by atoms with van der Waals surface area (Å²) in [5.74, 6) is 1.02. The van der Waals surface area contributed by atoms with Gasteiger partial charge in [-0.05, 0) is 25.0 Å². The number of aryl methyl sites for hydroxylation is 1.